The Bertz CT molecular complexity index is 868. The highest BCUT2D eigenvalue weighted by atomic mass is 32.2. The molecule has 1 N–H and O–H groups in total. The number of hydrogen-bond acceptors (Lipinski definition) is 5. The minimum Gasteiger partial charge on any atom is -0.454 e. The number of carbonyl (C=O) groups is 2. The van der Waals surface area contributed by atoms with E-state index in [0.717, 1.165) is 24.8 Å². The zero-order valence-electron chi connectivity index (χ0n) is 18.0. The Morgan fingerprint density at radius 2 is 1.80 bits per heavy atom. The molecule has 30 heavy (non-hydrogen) atoms. The van der Waals surface area contributed by atoms with Gasteiger partial charge in [-0.15, -0.1) is 0 Å². The maximum atomic E-state index is 13.0. The fraction of sp³-hybridized carbons (Fsp3) is 0.636. The van der Waals surface area contributed by atoms with Crippen LogP contribution in [0.5, 0.6) is 0 Å². The SMILES string of the molecule is Cc1ccc(S(=O)(=O)N2CCC[C@H]2C(=O)OCC(=O)NC2CCCC(C)C2C)cc1. The molecule has 1 aromatic rings. The first-order chi connectivity index (χ1) is 14.2. The predicted molar refractivity (Wildman–Crippen MR) is 113 cm³/mol. The Morgan fingerprint density at radius 3 is 2.50 bits per heavy atom. The number of nitrogens with zero attached hydrogens (tertiary/aromatic N) is 1. The molecule has 2 aliphatic rings. The Morgan fingerprint density at radius 1 is 1.10 bits per heavy atom. The molecule has 0 radical (unpaired) electrons. The van der Waals surface area contributed by atoms with Crippen molar-refractivity contribution in [3.63, 3.8) is 0 Å². The molecule has 0 bridgehead atoms. The van der Waals surface area contributed by atoms with E-state index in [1.165, 1.54) is 4.31 Å². The van der Waals surface area contributed by atoms with Crippen molar-refractivity contribution < 1.29 is 22.7 Å². The highest BCUT2D eigenvalue weighted by Crippen LogP contribution is 2.30. The van der Waals surface area contributed by atoms with Gasteiger partial charge < -0.3 is 10.1 Å². The molecular formula is C22H32N2O5S. The van der Waals surface area contributed by atoms with Gasteiger partial charge in [0.05, 0.1) is 4.90 Å². The standard InChI is InChI=1S/C22H32N2O5S/c1-15-9-11-18(12-10-15)30(27,28)24-13-5-8-20(24)22(26)29-14-21(25)23-19-7-4-6-16(2)17(19)3/h9-12,16-17,19-20H,4-8,13-14H2,1-3H3,(H,23,25)/t16?,17?,19?,20-/m0/s1. The van der Waals surface area contributed by atoms with Crippen LogP contribution in [0.4, 0.5) is 0 Å². The maximum absolute atomic E-state index is 13.0. The lowest BCUT2D eigenvalue weighted by atomic mass is 9.78. The van der Waals surface area contributed by atoms with Crippen molar-refractivity contribution >= 4 is 21.9 Å². The summed E-state index contributed by atoms with van der Waals surface area (Å²) in [5, 5.41) is 2.97. The lowest BCUT2D eigenvalue weighted by Gasteiger charge is -2.34. The van der Waals surface area contributed by atoms with Gasteiger partial charge in [-0.1, -0.05) is 44.4 Å². The van der Waals surface area contributed by atoms with Crippen LogP contribution in [0.1, 0.15) is 51.5 Å². The number of hydrogen-bond donors (Lipinski definition) is 1. The van der Waals surface area contributed by atoms with E-state index in [-0.39, 0.29) is 30.0 Å². The molecule has 3 rings (SSSR count). The molecule has 8 heteroatoms. The first-order valence-corrected chi connectivity index (χ1v) is 12.2. The molecular weight excluding hydrogens is 404 g/mol. The summed E-state index contributed by atoms with van der Waals surface area (Å²) in [7, 11) is -3.79. The normalized spacial score (nSPS) is 27.6. The summed E-state index contributed by atoms with van der Waals surface area (Å²) < 4.78 is 32.3. The van der Waals surface area contributed by atoms with Crippen LogP contribution >= 0.6 is 0 Å². The van der Waals surface area contributed by atoms with Crippen molar-refractivity contribution in [1.29, 1.82) is 0 Å². The van der Waals surface area contributed by atoms with Gasteiger partial charge in [0.15, 0.2) is 6.61 Å². The highest BCUT2D eigenvalue weighted by molar-refractivity contribution is 7.89. The monoisotopic (exact) mass is 436 g/mol. The van der Waals surface area contributed by atoms with Crippen LogP contribution in [0.2, 0.25) is 0 Å². The van der Waals surface area contributed by atoms with E-state index < -0.39 is 22.0 Å². The summed E-state index contributed by atoms with van der Waals surface area (Å²) in [4.78, 5) is 25.0. The average molecular weight is 437 g/mol. The van der Waals surface area contributed by atoms with Crippen LogP contribution < -0.4 is 5.32 Å². The lowest BCUT2D eigenvalue weighted by molar-refractivity contribution is -0.152. The number of esters is 1. The fourth-order valence-electron chi connectivity index (χ4n) is 4.38. The first-order valence-electron chi connectivity index (χ1n) is 10.7. The molecule has 1 saturated carbocycles. The minimum absolute atomic E-state index is 0.0878. The number of rotatable bonds is 6. The summed E-state index contributed by atoms with van der Waals surface area (Å²) in [5.41, 5.74) is 0.957. The molecule has 4 atom stereocenters. The Hall–Kier alpha value is -1.93. The summed E-state index contributed by atoms with van der Waals surface area (Å²) in [6, 6.07) is 5.75. The molecule has 3 unspecified atom stereocenters. The zero-order valence-corrected chi connectivity index (χ0v) is 18.8. The number of carbonyl (C=O) groups excluding carboxylic acids is 2. The number of amides is 1. The van der Waals surface area contributed by atoms with Gasteiger partial charge in [-0.3, -0.25) is 9.59 Å². The lowest BCUT2D eigenvalue weighted by Crippen LogP contribution is -2.46. The molecule has 2 fully saturated rings. The molecule has 1 aliphatic carbocycles. The van der Waals surface area contributed by atoms with Crippen molar-refractivity contribution in [2.75, 3.05) is 13.2 Å². The molecule has 1 heterocycles. The number of aryl methyl sites for hydroxylation is 1. The topological polar surface area (TPSA) is 92.8 Å². The third-order valence-corrected chi connectivity index (χ3v) is 8.42. The molecule has 0 spiro atoms. The predicted octanol–water partition coefficient (Wildman–Crippen LogP) is 2.63. The third-order valence-electron chi connectivity index (χ3n) is 6.50. The van der Waals surface area contributed by atoms with Crippen LogP contribution in [-0.2, 0) is 24.3 Å². The summed E-state index contributed by atoms with van der Waals surface area (Å²) in [6.45, 7) is 6.08. The van der Waals surface area contributed by atoms with Gasteiger partial charge in [-0.05, 0) is 50.2 Å². The second kappa shape index (κ2) is 9.47. The van der Waals surface area contributed by atoms with Gasteiger partial charge >= 0.3 is 5.97 Å². The number of ether oxygens (including phenoxy) is 1. The van der Waals surface area contributed by atoms with Crippen LogP contribution in [0.15, 0.2) is 29.2 Å². The maximum Gasteiger partial charge on any atom is 0.324 e. The zero-order chi connectivity index (χ0) is 21.9. The fourth-order valence-corrected chi connectivity index (χ4v) is 6.02. The largest absolute Gasteiger partial charge is 0.454 e. The van der Waals surface area contributed by atoms with E-state index in [4.69, 9.17) is 4.74 Å². The smallest absolute Gasteiger partial charge is 0.324 e. The van der Waals surface area contributed by atoms with Gasteiger partial charge in [0, 0.05) is 12.6 Å². The highest BCUT2D eigenvalue weighted by Gasteiger charge is 2.40. The van der Waals surface area contributed by atoms with Gasteiger partial charge in [0.1, 0.15) is 6.04 Å². The first kappa shape index (κ1) is 22.7. The Kier molecular flexibility index (Phi) is 7.18. The number of sulfonamides is 1. The summed E-state index contributed by atoms with van der Waals surface area (Å²) in [6.07, 6.45) is 4.13. The number of benzene rings is 1. The van der Waals surface area contributed by atoms with E-state index in [0.29, 0.717) is 24.7 Å². The minimum atomic E-state index is -3.79. The molecule has 7 nitrogen and oxygen atoms in total. The van der Waals surface area contributed by atoms with E-state index in [2.05, 4.69) is 19.2 Å². The van der Waals surface area contributed by atoms with Crippen LogP contribution in [0.25, 0.3) is 0 Å². The summed E-state index contributed by atoms with van der Waals surface area (Å²) >= 11 is 0. The van der Waals surface area contributed by atoms with E-state index >= 15 is 0 Å². The Labute approximate surface area is 179 Å². The van der Waals surface area contributed by atoms with E-state index in [1.807, 2.05) is 6.92 Å². The molecule has 1 amide bonds. The number of nitrogens with one attached hydrogen (secondary N) is 1. The van der Waals surface area contributed by atoms with Crippen molar-refractivity contribution in [2.45, 2.75) is 69.9 Å². The van der Waals surface area contributed by atoms with Gasteiger partial charge in [-0.25, -0.2) is 8.42 Å². The Balaban J connectivity index is 1.58. The third kappa shape index (κ3) is 5.03. The van der Waals surface area contributed by atoms with Gasteiger partial charge in [0.25, 0.3) is 5.91 Å². The van der Waals surface area contributed by atoms with Crippen molar-refractivity contribution in [2.24, 2.45) is 11.8 Å². The molecule has 1 aliphatic heterocycles. The van der Waals surface area contributed by atoms with Crippen molar-refractivity contribution in [1.82, 2.24) is 9.62 Å². The average Bonchev–Trinajstić information content (AvgIpc) is 3.21. The molecule has 0 aromatic heterocycles. The van der Waals surface area contributed by atoms with Crippen LogP contribution in [0, 0.1) is 18.8 Å². The van der Waals surface area contributed by atoms with Gasteiger partial charge in [0.2, 0.25) is 10.0 Å². The van der Waals surface area contributed by atoms with Crippen LogP contribution in [-0.4, -0.2) is 49.8 Å². The quantitative estimate of drug-likeness (QED) is 0.692. The molecule has 1 aromatic carbocycles. The van der Waals surface area contributed by atoms with E-state index in [1.54, 1.807) is 24.3 Å². The molecule has 1 saturated heterocycles. The van der Waals surface area contributed by atoms with Crippen LogP contribution in [0.3, 0.4) is 0 Å². The van der Waals surface area contributed by atoms with E-state index in [9.17, 15) is 18.0 Å². The van der Waals surface area contributed by atoms with Gasteiger partial charge in [-0.2, -0.15) is 4.31 Å². The summed E-state index contributed by atoms with van der Waals surface area (Å²) in [5.74, 6) is -0.0716. The van der Waals surface area contributed by atoms with Crippen molar-refractivity contribution in [3.8, 4) is 0 Å². The second-order valence-corrected chi connectivity index (χ2v) is 10.5. The van der Waals surface area contributed by atoms with Crippen molar-refractivity contribution in [3.05, 3.63) is 29.8 Å². The second-order valence-electron chi connectivity index (χ2n) is 8.64. The molecule has 166 valence electrons.